The van der Waals surface area contributed by atoms with Gasteiger partial charge in [-0.15, -0.1) is 4.28 Å². The van der Waals surface area contributed by atoms with E-state index in [1.54, 1.807) is 12.1 Å². The molecular formula is C18H19NO4S. The fourth-order valence-corrected chi connectivity index (χ4v) is 3.21. The van der Waals surface area contributed by atoms with Gasteiger partial charge in [0, 0.05) is 5.56 Å². The zero-order valence-corrected chi connectivity index (χ0v) is 14.6. The molecule has 0 radical (unpaired) electrons. The molecule has 2 aromatic rings. The van der Waals surface area contributed by atoms with Gasteiger partial charge in [-0.3, -0.25) is 0 Å². The summed E-state index contributed by atoms with van der Waals surface area (Å²) in [4.78, 5) is 0.104. The van der Waals surface area contributed by atoms with Crippen molar-refractivity contribution in [3.8, 4) is 5.75 Å². The molecule has 5 nitrogen and oxygen atoms in total. The molecule has 0 aliphatic carbocycles. The Kier molecular flexibility index (Phi) is 4.34. The van der Waals surface area contributed by atoms with Crippen molar-refractivity contribution in [3.63, 3.8) is 0 Å². The third-order valence-electron chi connectivity index (χ3n) is 4.03. The SMILES string of the molecule is CC1=C(NOS(=O)(=O)c2ccc(C)cc2)c2ccccc2OC1C. The van der Waals surface area contributed by atoms with Gasteiger partial charge in [0.25, 0.3) is 0 Å². The van der Waals surface area contributed by atoms with Gasteiger partial charge in [0.1, 0.15) is 11.9 Å². The van der Waals surface area contributed by atoms with Crippen LogP contribution in [0.15, 0.2) is 59.0 Å². The van der Waals surface area contributed by atoms with E-state index in [9.17, 15) is 8.42 Å². The zero-order chi connectivity index (χ0) is 17.3. The first-order valence-corrected chi connectivity index (χ1v) is 9.02. The molecule has 2 aromatic carbocycles. The molecule has 126 valence electrons. The second-order valence-corrected chi connectivity index (χ2v) is 7.31. The standard InChI is InChI=1S/C18H19NO4S/c1-12-8-10-15(11-9-12)24(20,21)23-19-18-13(2)14(3)22-17-7-5-4-6-16(17)18/h4-11,14,19H,1-3H3. The number of nitrogens with one attached hydrogen (secondary N) is 1. The highest BCUT2D eigenvalue weighted by Crippen LogP contribution is 2.34. The number of hydrogen-bond donors (Lipinski definition) is 1. The van der Waals surface area contributed by atoms with Crippen molar-refractivity contribution in [3.05, 3.63) is 65.2 Å². The normalized spacial score (nSPS) is 17.2. The zero-order valence-electron chi connectivity index (χ0n) is 13.7. The second-order valence-electron chi connectivity index (χ2n) is 5.77. The van der Waals surface area contributed by atoms with Crippen LogP contribution in [-0.2, 0) is 14.4 Å². The van der Waals surface area contributed by atoms with Crippen molar-refractivity contribution in [2.45, 2.75) is 31.8 Å². The number of ether oxygens (including phenoxy) is 1. The smallest absolute Gasteiger partial charge is 0.317 e. The number of hydrogen-bond acceptors (Lipinski definition) is 5. The lowest BCUT2D eigenvalue weighted by Crippen LogP contribution is -2.27. The van der Waals surface area contributed by atoms with Crippen molar-refractivity contribution in [2.24, 2.45) is 0 Å². The molecule has 0 saturated heterocycles. The summed E-state index contributed by atoms with van der Waals surface area (Å²) < 4.78 is 35.6. The van der Waals surface area contributed by atoms with Crippen LogP contribution in [0, 0.1) is 6.92 Å². The average molecular weight is 345 g/mol. The third-order valence-corrected chi connectivity index (χ3v) is 5.18. The Labute approximate surface area is 142 Å². The fourth-order valence-electron chi connectivity index (χ4n) is 2.46. The molecule has 3 rings (SSSR count). The third kappa shape index (κ3) is 3.16. The van der Waals surface area contributed by atoms with Crippen LogP contribution in [0.4, 0.5) is 0 Å². The van der Waals surface area contributed by atoms with Gasteiger partial charge in [0.05, 0.1) is 10.6 Å². The van der Waals surface area contributed by atoms with Gasteiger partial charge < -0.3 is 4.74 Å². The van der Waals surface area contributed by atoms with E-state index in [-0.39, 0.29) is 11.0 Å². The summed E-state index contributed by atoms with van der Waals surface area (Å²) in [5, 5.41) is 0. The topological polar surface area (TPSA) is 64.6 Å². The summed E-state index contributed by atoms with van der Waals surface area (Å²) in [6, 6.07) is 13.9. The summed E-state index contributed by atoms with van der Waals surface area (Å²) in [6.07, 6.45) is -0.173. The van der Waals surface area contributed by atoms with E-state index in [1.807, 2.05) is 45.0 Å². The maximum Gasteiger partial charge on any atom is 0.317 e. The number of hydroxylamine groups is 1. The Morgan fingerprint density at radius 2 is 1.71 bits per heavy atom. The highest BCUT2D eigenvalue weighted by molar-refractivity contribution is 7.86. The summed E-state index contributed by atoms with van der Waals surface area (Å²) in [7, 11) is -3.91. The van der Waals surface area contributed by atoms with Gasteiger partial charge in [-0.2, -0.15) is 8.42 Å². The molecule has 0 spiro atoms. The molecule has 1 aliphatic heterocycles. The first-order chi connectivity index (χ1) is 11.4. The van der Waals surface area contributed by atoms with Crippen LogP contribution in [0.3, 0.4) is 0 Å². The lowest BCUT2D eigenvalue weighted by molar-refractivity contribution is 0.230. The van der Waals surface area contributed by atoms with Gasteiger partial charge in [0.15, 0.2) is 0 Å². The molecule has 1 atom stereocenters. The molecule has 24 heavy (non-hydrogen) atoms. The average Bonchev–Trinajstić information content (AvgIpc) is 2.56. The monoisotopic (exact) mass is 345 g/mol. The van der Waals surface area contributed by atoms with Crippen LogP contribution >= 0.6 is 0 Å². The molecule has 6 heteroatoms. The predicted octanol–water partition coefficient (Wildman–Crippen LogP) is 3.42. The fraction of sp³-hybridized carbons (Fsp3) is 0.222. The lowest BCUT2D eigenvalue weighted by Gasteiger charge is -2.27. The van der Waals surface area contributed by atoms with Gasteiger partial charge in [-0.05, 0) is 50.6 Å². The number of aryl methyl sites for hydroxylation is 1. The Morgan fingerprint density at radius 3 is 2.42 bits per heavy atom. The van der Waals surface area contributed by atoms with Gasteiger partial charge >= 0.3 is 10.1 Å². The molecular weight excluding hydrogens is 326 g/mol. The number of para-hydroxylation sites is 1. The van der Waals surface area contributed by atoms with E-state index in [4.69, 9.17) is 9.02 Å². The Hall–Kier alpha value is -2.31. The van der Waals surface area contributed by atoms with Crippen molar-refractivity contribution >= 4 is 15.8 Å². The maximum atomic E-state index is 12.3. The quantitative estimate of drug-likeness (QED) is 0.860. The number of rotatable bonds is 4. The maximum absolute atomic E-state index is 12.3. The van der Waals surface area contributed by atoms with Crippen LogP contribution in [0.5, 0.6) is 5.75 Å². The van der Waals surface area contributed by atoms with Crippen molar-refractivity contribution in [2.75, 3.05) is 0 Å². The van der Waals surface area contributed by atoms with Crippen molar-refractivity contribution in [1.29, 1.82) is 0 Å². The predicted molar refractivity (Wildman–Crippen MR) is 91.7 cm³/mol. The Bertz CT molecular complexity index is 885. The van der Waals surface area contributed by atoms with E-state index in [0.717, 1.165) is 16.7 Å². The summed E-state index contributed by atoms with van der Waals surface area (Å²) >= 11 is 0. The molecule has 0 bridgehead atoms. The summed E-state index contributed by atoms with van der Waals surface area (Å²) in [6.45, 7) is 5.68. The van der Waals surface area contributed by atoms with E-state index in [1.165, 1.54) is 12.1 Å². The second kappa shape index (κ2) is 6.30. The summed E-state index contributed by atoms with van der Waals surface area (Å²) in [5.74, 6) is 0.689. The molecule has 1 N–H and O–H groups in total. The lowest BCUT2D eigenvalue weighted by atomic mass is 10.0. The first kappa shape index (κ1) is 16.5. The molecule has 1 unspecified atom stereocenters. The van der Waals surface area contributed by atoms with E-state index >= 15 is 0 Å². The molecule has 0 fully saturated rings. The minimum atomic E-state index is -3.91. The van der Waals surface area contributed by atoms with Crippen molar-refractivity contribution < 1.29 is 17.4 Å². The minimum absolute atomic E-state index is 0.104. The van der Waals surface area contributed by atoms with Crippen LogP contribution in [0.1, 0.15) is 25.0 Å². The van der Waals surface area contributed by atoms with E-state index < -0.39 is 10.1 Å². The van der Waals surface area contributed by atoms with Gasteiger partial charge in [-0.1, -0.05) is 29.8 Å². The molecule has 1 aliphatic rings. The van der Waals surface area contributed by atoms with Crippen molar-refractivity contribution in [1.82, 2.24) is 5.48 Å². The highest BCUT2D eigenvalue weighted by atomic mass is 32.2. The van der Waals surface area contributed by atoms with Crippen LogP contribution < -0.4 is 10.2 Å². The van der Waals surface area contributed by atoms with Crippen LogP contribution in [-0.4, -0.2) is 14.5 Å². The minimum Gasteiger partial charge on any atom is -0.486 e. The van der Waals surface area contributed by atoms with Gasteiger partial charge in [0.2, 0.25) is 0 Å². The molecule has 1 heterocycles. The number of fused-ring (bicyclic) bond motifs is 1. The Balaban J connectivity index is 1.87. The van der Waals surface area contributed by atoms with Crippen LogP contribution in [0.2, 0.25) is 0 Å². The highest BCUT2D eigenvalue weighted by Gasteiger charge is 2.25. The Morgan fingerprint density at radius 1 is 1.04 bits per heavy atom. The molecule has 0 amide bonds. The first-order valence-electron chi connectivity index (χ1n) is 7.61. The molecule has 0 aromatic heterocycles. The van der Waals surface area contributed by atoms with Crippen LogP contribution in [0.25, 0.3) is 5.70 Å². The van der Waals surface area contributed by atoms with E-state index in [0.29, 0.717) is 11.4 Å². The summed E-state index contributed by atoms with van der Waals surface area (Å²) in [5.41, 5.74) is 5.85. The largest absolute Gasteiger partial charge is 0.486 e. The molecule has 0 saturated carbocycles. The van der Waals surface area contributed by atoms with Gasteiger partial charge in [-0.25, -0.2) is 5.48 Å². The number of benzene rings is 2. The van der Waals surface area contributed by atoms with E-state index in [2.05, 4.69) is 5.48 Å².